The number of aromatic carboxylic acids is 1. The van der Waals surface area contributed by atoms with Crippen molar-refractivity contribution < 1.29 is 9.90 Å². The third-order valence-corrected chi connectivity index (χ3v) is 3.18. The number of thiophene rings is 1. The highest BCUT2D eigenvalue weighted by atomic mass is 32.1. The topological polar surface area (TPSA) is 62.2 Å². The molecule has 2 rings (SSSR count). The maximum Gasteiger partial charge on any atom is 0.339 e. The van der Waals surface area contributed by atoms with Crippen LogP contribution < -0.4 is 5.32 Å². The summed E-state index contributed by atoms with van der Waals surface area (Å²) in [6.45, 7) is 2.46. The molecule has 0 saturated heterocycles. The molecule has 0 bridgehead atoms. The molecular weight excluding hydrogens is 236 g/mol. The first-order valence-corrected chi connectivity index (χ1v) is 6.01. The van der Waals surface area contributed by atoms with Gasteiger partial charge in [-0.3, -0.25) is 4.98 Å². The monoisotopic (exact) mass is 248 g/mol. The number of rotatable bonds is 4. The molecule has 2 heterocycles. The van der Waals surface area contributed by atoms with Crippen LogP contribution in [0, 0.1) is 6.92 Å². The summed E-state index contributed by atoms with van der Waals surface area (Å²) in [5.41, 5.74) is 1.61. The van der Waals surface area contributed by atoms with Gasteiger partial charge in [0.05, 0.1) is 5.69 Å². The average Bonchev–Trinajstić information content (AvgIpc) is 2.78. The minimum Gasteiger partial charge on any atom is -0.478 e. The molecule has 0 unspecified atom stereocenters. The lowest BCUT2D eigenvalue weighted by Crippen LogP contribution is -2.07. The number of aromatic nitrogens is 1. The summed E-state index contributed by atoms with van der Waals surface area (Å²) in [4.78, 5) is 16.2. The van der Waals surface area contributed by atoms with Crippen molar-refractivity contribution in [2.75, 3.05) is 5.32 Å². The highest BCUT2D eigenvalue weighted by Crippen LogP contribution is 2.18. The Kier molecular flexibility index (Phi) is 3.39. The third-order valence-electron chi connectivity index (χ3n) is 2.30. The molecule has 5 heteroatoms. The van der Waals surface area contributed by atoms with Crippen LogP contribution in [0.4, 0.5) is 5.69 Å². The summed E-state index contributed by atoms with van der Waals surface area (Å²) in [6, 6.07) is 5.72. The van der Waals surface area contributed by atoms with Crippen molar-refractivity contribution in [1.29, 1.82) is 0 Å². The SMILES string of the molecule is Cc1cc(NCc2cccs2)c(C(=O)O)cn1. The second-order valence-electron chi connectivity index (χ2n) is 3.61. The summed E-state index contributed by atoms with van der Waals surface area (Å²) in [6.07, 6.45) is 1.38. The van der Waals surface area contributed by atoms with Crippen LogP contribution in [0.25, 0.3) is 0 Å². The number of anilines is 1. The number of nitrogens with one attached hydrogen (secondary N) is 1. The molecular formula is C12H12N2O2S. The van der Waals surface area contributed by atoms with Crippen LogP contribution in [-0.2, 0) is 6.54 Å². The number of nitrogens with zero attached hydrogens (tertiary/aromatic N) is 1. The smallest absolute Gasteiger partial charge is 0.339 e. The van der Waals surface area contributed by atoms with Crippen LogP contribution in [0.15, 0.2) is 29.8 Å². The molecule has 0 amide bonds. The molecule has 17 heavy (non-hydrogen) atoms. The maximum atomic E-state index is 11.0. The van der Waals surface area contributed by atoms with Crippen molar-refractivity contribution in [2.24, 2.45) is 0 Å². The van der Waals surface area contributed by atoms with E-state index >= 15 is 0 Å². The van der Waals surface area contributed by atoms with Gasteiger partial charge in [0.15, 0.2) is 0 Å². The number of aryl methyl sites for hydroxylation is 1. The summed E-state index contributed by atoms with van der Waals surface area (Å²) >= 11 is 1.64. The van der Waals surface area contributed by atoms with E-state index in [2.05, 4.69) is 10.3 Å². The lowest BCUT2D eigenvalue weighted by Gasteiger charge is -2.08. The van der Waals surface area contributed by atoms with E-state index in [0.29, 0.717) is 12.2 Å². The van der Waals surface area contributed by atoms with Gasteiger partial charge in [-0.05, 0) is 24.4 Å². The Hall–Kier alpha value is -1.88. The van der Waals surface area contributed by atoms with E-state index in [-0.39, 0.29) is 5.56 Å². The second kappa shape index (κ2) is 4.97. The van der Waals surface area contributed by atoms with Crippen molar-refractivity contribution in [1.82, 2.24) is 4.98 Å². The summed E-state index contributed by atoms with van der Waals surface area (Å²) in [5, 5.41) is 14.2. The van der Waals surface area contributed by atoms with Gasteiger partial charge in [-0.15, -0.1) is 11.3 Å². The molecule has 0 aliphatic rings. The fourth-order valence-corrected chi connectivity index (χ4v) is 2.12. The zero-order chi connectivity index (χ0) is 12.3. The minimum absolute atomic E-state index is 0.201. The first kappa shape index (κ1) is 11.6. The van der Waals surface area contributed by atoms with Crippen molar-refractivity contribution in [3.05, 3.63) is 45.9 Å². The van der Waals surface area contributed by atoms with Crippen molar-refractivity contribution >= 4 is 23.0 Å². The molecule has 2 N–H and O–H groups in total. The second-order valence-corrected chi connectivity index (χ2v) is 4.64. The Morgan fingerprint density at radius 2 is 2.41 bits per heavy atom. The number of carboxylic acid groups (broad SMARTS) is 1. The molecule has 0 spiro atoms. The van der Waals surface area contributed by atoms with Crippen LogP contribution in [0.1, 0.15) is 20.9 Å². The lowest BCUT2D eigenvalue weighted by atomic mass is 10.2. The minimum atomic E-state index is -0.967. The number of carbonyl (C=O) groups is 1. The van der Waals surface area contributed by atoms with Gasteiger partial charge in [0, 0.05) is 23.3 Å². The van der Waals surface area contributed by atoms with Crippen molar-refractivity contribution in [2.45, 2.75) is 13.5 Å². The molecule has 0 aromatic carbocycles. The number of pyridine rings is 1. The predicted molar refractivity (Wildman–Crippen MR) is 67.6 cm³/mol. The van der Waals surface area contributed by atoms with E-state index in [1.54, 1.807) is 17.4 Å². The summed E-state index contributed by atoms with van der Waals surface area (Å²) < 4.78 is 0. The van der Waals surface area contributed by atoms with Gasteiger partial charge in [0.25, 0.3) is 0 Å². The Morgan fingerprint density at radius 3 is 3.06 bits per heavy atom. The van der Waals surface area contributed by atoms with Crippen LogP contribution in [0.5, 0.6) is 0 Å². The van der Waals surface area contributed by atoms with Crippen LogP contribution >= 0.6 is 11.3 Å². The standard InChI is InChI=1S/C12H12N2O2S/c1-8-5-11(10(7-13-8)12(15)16)14-6-9-3-2-4-17-9/h2-5,7H,6H2,1H3,(H,13,14)(H,15,16). The Balaban J connectivity index is 2.19. The number of hydrogen-bond donors (Lipinski definition) is 2. The lowest BCUT2D eigenvalue weighted by molar-refractivity contribution is 0.0697. The van der Waals surface area contributed by atoms with Gasteiger partial charge in [-0.2, -0.15) is 0 Å². The van der Waals surface area contributed by atoms with Crippen LogP contribution in [0.2, 0.25) is 0 Å². The van der Waals surface area contributed by atoms with Crippen molar-refractivity contribution in [3.63, 3.8) is 0 Å². The maximum absolute atomic E-state index is 11.0. The molecule has 2 aromatic rings. The molecule has 0 aliphatic carbocycles. The van der Waals surface area contributed by atoms with Crippen molar-refractivity contribution in [3.8, 4) is 0 Å². The largest absolute Gasteiger partial charge is 0.478 e. The molecule has 0 atom stereocenters. The van der Waals surface area contributed by atoms with E-state index in [4.69, 9.17) is 5.11 Å². The van der Waals surface area contributed by atoms with E-state index in [1.807, 2.05) is 24.4 Å². The normalized spacial score (nSPS) is 10.2. The van der Waals surface area contributed by atoms with Gasteiger partial charge < -0.3 is 10.4 Å². The van der Waals surface area contributed by atoms with E-state index < -0.39 is 5.97 Å². The highest BCUT2D eigenvalue weighted by Gasteiger charge is 2.10. The molecule has 0 radical (unpaired) electrons. The van der Waals surface area contributed by atoms with E-state index in [9.17, 15) is 4.79 Å². The molecule has 0 saturated carbocycles. The highest BCUT2D eigenvalue weighted by molar-refractivity contribution is 7.09. The molecule has 4 nitrogen and oxygen atoms in total. The zero-order valence-electron chi connectivity index (χ0n) is 9.30. The Bertz CT molecular complexity index is 523. The molecule has 0 fully saturated rings. The fourth-order valence-electron chi connectivity index (χ4n) is 1.47. The molecule has 0 aliphatic heterocycles. The van der Waals surface area contributed by atoms with E-state index in [1.165, 1.54) is 6.20 Å². The van der Waals surface area contributed by atoms with Gasteiger partial charge in [-0.25, -0.2) is 4.79 Å². The first-order chi connectivity index (χ1) is 8.16. The number of hydrogen-bond acceptors (Lipinski definition) is 4. The van der Waals surface area contributed by atoms with Crippen LogP contribution in [0.3, 0.4) is 0 Å². The molecule has 2 aromatic heterocycles. The van der Waals surface area contributed by atoms with Gasteiger partial charge >= 0.3 is 5.97 Å². The first-order valence-electron chi connectivity index (χ1n) is 5.13. The van der Waals surface area contributed by atoms with Crippen LogP contribution in [-0.4, -0.2) is 16.1 Å². The van der Waals surface area contributed by atoms with Gasteiger partial charge in [0.2, 0.25) is 0 Å². The Labute approximate surface area is 103 Å². The zero-order valence-corrected chi connectivity index (χ0v) is 10.1. The Morgan fingerprint density at radius 1 is 1.59 bits per heavy atom. The van der Waals surface area contributed by atoms with E-state index in [0.717, 1.165) is 10.6 Å². The fraction of sp³-hybridized carbons (Fsp3) is 0.167. The number of carboxylic acids is 1. The summed E-state index contributed by atoms with van der Waals surface area (Å²) in [7, 11) is 0. The average molecular weight is 248 g/mol. The predicted octanol–water partition coefficient (Wildman–Crippen LogP) is 2.76. The quantitative estimate of drug-likeness (QED) is 0.873. The molecule has 88 valence electrons. The summed E-state index contributed by atoms with van der Waals surface area (Å²) in [5.74, 6) is -0.967. The van der Waals surface area contributed by atoms with Gasteiger partial charge in [-0.1, -0.05) is 6.07 Å². The van der Waals surface area contributed by atoms with Gasteiger partial charge in [0.1, 0.15) is 5.56 Å². The third kappa shape index (κ3) is 2.82.